The molecular formula is C7H10N4O3S2. The highest BCUT2D eigenvalue weighted by Gasteiger charge is 2.13. The minimum Gasteiger partial charge on any atom is -0.480 e. The molecule has 0 radical (unpaired) electrons. The van der Waals surface area contributed by atoms with Crippen LogP contribution in [0.25, 0.3) is 0 Å². The van der Waals surface area contributed by atoms with E-state index in [2.05, 4.69) is 15.5 Å². The number of amides is 1. The zero-order valence-electron chi connectivity index (χ0n) is 8.34. The minimum atomic E-state index is -1.06. The molecule has 9 heteroatoms. The molecule has 16 heavy (non-hydrogen) atoms. The largest absolute Gasteiger partial charge is 0.480 e. The first-order chi connectivity index (χ1) is 7.49. The number of anilines is 1. The summed E-state index contributed by atoms with van der Waals surface area (Å²) in [6, 6.07) is -0.932. The van der Waals surface area contributed by atoms with E-state index in [0.717, 1.165) is 0 Å². The molecule has 0 bridgehead atoms. The summed E-state index contributed by atoms with van der Waals surface area (Å²) in [6.07, 6.45) is 0. The SMILES string of the molecule is CC(=O)Nc1nnc(SCC(N)C(=O)O)s1. The van der Waals surface area contributed by atoms with Gasteiger partial charge in [-0.15, -0.1) is 10.2 Å². The number of nitrogens with zero attached hydrogens (tertiary/aromatic N) is 2. The summed E-state index contributed by atoms with van der Waals surface area (Å²) >= 11 is 2.37. The van der Waals surface area contributed by atoms with Crippen molar-refractivity contribution in [3.8, 4) is 0 Å². The van der Waals surface area contributed by atoms with Crippen molar-refractivity contribution in [1.29, 1.82) is 0 Å². The topological polar surface area (TPSA) is 118 Å². The third-order valence-electron chi connectivity index (χ3n) is 1.39. The highest BCUT2D eigenvalue weighted by molar-refractivity contribution is 8.01. The van der Waals surface area contributed by atoms with Crippen LogP contribution in [-0.4, -0.2) is 39.0 Å². The Labute approximate surface area is 99.4 Å². The Kier molecular flexibility index (Phi) is 4.65. The Bertz CT molecular complexity index is 395. The van der Waals surface area contributed by atoms with Gasteiger partial charge in [0.2, 0.25) is 11.0 Å². The summed E-state index contributed by atoms with van der Waals surface area (Å²) in [5.74, 6) is -1.07. The van der Waals surface area contributed by atoms with Crippen molar-refractivity contribution in [2.45, 2.75) is 17.3 Å². The maximum Gasteiger partial charge on any atom is 0.321 e. The second-order valence-corrected chi connectivity index (χ2v) is 5.05. The van der Waals surface area contributed by atoms with Crippen LogP contribution < -0.4 is 11.1 Å². The number of carbonyl (C=O) groups is 2. The Morgan fingerprint density at radius 3 is 2.88 bits per heavy atom. The van der Waals surface area contributed by atoms with E-state index in [-0.39, 0.29) is 11.7 Å². The van der Waals surface area contributed by atoms with Gasteiger partial charge >= 0.3 is 5.97 Å². The van der Waals surface area contributed by atoms with E-state index in [9.17, 15) is 9.59 Å². The zero-order valence-corrected chi connectivity index (χ0v) is 9.97. The van der Waals surface area contributed by atoms with Crippen molar-refractivity contribution in [1.82, 2.24) is 10.2 Å². The van der Waals surface area contributed by atoms with Gasteiger partial charge in [-0.05, 0) is 0 Å². The highest BCUT2D eigenvalue weighted by Crippen LogP contribution is 2.25. The molecule has 0 aliphatic heterocycles. The molecule has 7 nitrogen and oxygen atoms in total. The van der Waals surface area contributed by atoms with Crippen molar-refractivity contribution in [3.63, 3.8) is 0 Å². The second kappa shape index (κ2) is 5.77. The van der Waals surface area contributed by atoms with Crippen molar-refractivity contribution in [2.75, 3.05) is 11.1 Å². The first-order valence-electron chi connectivity index (χ1n) is 4.21. The van der Waals surface area contributed by atoms with E-state index in [0.29, 0.717) is 9.47 Å². The van der Waals surface area contributed by atoms with Gasteiger partial charge < -0.3 is 16.2 Å². The lowest BCUT2D eigenvalue weighted by molar-refractivity contribution is -0.137. The van der Waals surface area contributed by atoms with E-state index in [1.165, 1.54) is 30.0 Å². The molecule has 0 saturated heterocycles. The van der Waals surface area contributed by atoms with Crippen molar-refractivity contribution in [3.05, 3.63) is 0 Å². The molecular weight excluding hydrogens is 252 g/mol. The van der Waals surface area contributed by atoms with Gasteiger partial charge in [0, 0.05) is 12.7 Å². The molecule has 1 amide bonds. The first-order valence-corrected chi connectivity index (χ1v) is 6.01. The number of carboxylic acids is 1. The van der Waals surface area contributed by atoms with Gasteiger partial charge in [-0.25, -0.2) is 0 Å². The van der Waals surface area contributed by atoms with E-state index in [1.54, 1.807) is 0 Å². The van der Waals surface area contributed by atoms with E-state index >= 15 is 0 Å². The van der Waals surface area contributed by atoms with E-state index in [1.807, 2.05) is 0 Å². The van der Waals surface area contributed by atoms with Crippen molar-refractivity contribution in [2.24, 2.45) is 5.73 Å². The highest BCUT2D eigenvalue weighted by atomic mass is 32.2. The third-order valence-corrected chi connectivity index (χ3v) is 3.48. The smallest absolute Gasteiger partial charge is 0.321 e. The number of aliphatic carboxylic acids is 1. The van der Waals surface area contributed by atoms with Crippen LogP contribution in [0.2, 0.25) is 0 Å². The summed E-state index contributed by atoms with van der Waals surface area (Å²) in [6.45, 7) is 1.37. The molecule has 0 fully saturated rings. The molecule has 0 spiro atoms. The minimum absolute atomic E-state index is 0.212. The molecule has 0 aromatic carbocycles. The molecule has 88 valence electrons. The quantitative estimate of drug-likeness (QED) is 0.505. The number of hydrogen-bond donors (Lipinski definition) is 3. The first kappa shape index (κ1) is 12.9. The zero-order chi connectivity index (χ0) is 12.1. The molecule has 4 N–H and O–H groups in total. The Morgan fingerprint density at radius 1 is 1.62 bits per heavy atom. The molecule has 1 aromatic heterocycles. The molecule has 1 heterocycles. The number of carboxylic acid groups (broad SMARTS) is 1. The van der Waals surface area contributed by atoms with Crippen molar-refractivity contribution < 1.29 is 14.7 Å². The fourth-order valence-corrected chi connectivity index (χ4v) is 2.46. The molecule has 0 aliphatic rings. The summed E-state index contributed by atoms with van der Waals surface area (Å²) in [7, 11) is 0. The van der Waals surface area contributed by atoms with Crippen LogP contribution in [0.3, 0.4) is 0 Å². The maximum absolute atomic E-state index is 10.7. The number of carbonyl (C=O) groups excluding carboxylic acids is 1. The van der Waals surface area contributed by atoms with Gasteiger partial charge in [0.25, 0.3) is 0 Å². The predicted octanol–water partition coefficient (Wildman–Crippen LogP) is 0.000500. The van der Waals surface area contributed by atoms with Crippen LogP contribution in [0.15, 0.2) is 4.34 Å². The van der Waals surface area contributed by atoms with Crippen LogP contribution in [-0.2, 0) is 9.59 Å². The maximum atomic E-state index is 10.7. The van der Waals surface area contributed by atoms with Gasteiger partial charge in [0.1, 0.15) is 6.04 Å². The molecule has 1 rings (SSSR count). The lowest BCUT2D eigenvalue weighted by atomic mass is 10.4. The number of hydrogen-bond acceptors (Lipinski definition) is 7. The van der Waals surface area contributed by atoms with Gasteiger partial charge in [-0.2, -0.15) is 0 Å². The molecule has 0 saturated carbocycles. The molecule has 1 atom stereocenters. The molecule has 1 aromatic rings. The number of nitrogens with two attached hydrogens (primary N) is 1. The van der Waals surface area contributed by atoms with Gasteiger partial charge in [-0.3, -0.25) is 9.59 Å². The summed E-state index contributed by atoms with van der Waals surface area (Å²) in [5.41, 5.74) is 5.32. The standard InChI is InChI=1S/C7H10N4O3S2/c1-3(12)9-6-10-11-7(16-6)15-2-4(8)5(13)14/h4H,2,8H2,1H3,(H,13,14)(H,9,10,12). The predicted molar refractivity (Wildman–Crippen MR) is 60.5 cm³/mol. The molecule has 1 unspecified atom stereocenters. The number of nitrogens with one attached hydrogen (secondary N) is 1. The average molecular weight is 262 g/mol. The lowest BCUT2D eigenvalue weighted by Crippen LogP contribution is -2.32. The van der Waals surface area contributed by atoms with Gasteiger partial charge in [-0.1, -0.05) is 23.1 Å². The number of rotatable bonds is 5. The lowest BCUT2D eigenvalue weighted by Gasteiger charge is -2.02. The monoisotopic (exact) mass is 262 g/mol. The number of aromatic nitrogens is 2. The van der Waals surface area contributed by atoms with E-state index in [4.69, 9.17) is 10.8 Å². The normalized spacial score (nSPS) is 12.1. The van der Waals surface area contributed by atoms with Crippen molar-refractivity contribution >= 4 is 40.1 Å². The van der Waals surface area contributed by atoms with Gasteiger partial charge in [0.15, 0.2) is 4.34 Å². The van der Waals surface area contributed by atoms with Crippen LogP contribution in [0, 0.1) is 0 Å². The summed E-state index contributed by atoms with van der Waals surface area (Å²) in [5, 5.41) is 18.9. The van der Waals surface area contributed by atoms with Crippen LogP contribution in [0.5, 0.6) is 0 Å². The van der Waals surface area contributed by atoms with Crippen LogP contribution >= 0.6 is 23.1 Å². The molecule has 0 aliphatic carbocycles. The summed E-state index contributed by atoms with van der Waals surface area (Å²) < 4.78 is 0.570. The van der Waals surface area contributed by atoms with E-state index < -0.39 is 12.0 Å². The average Bonchev–Trinajstić information content (AvgIpc) is 2.60. The Balaban J connectivity index is 2.46. The number of thioether (sulfide) groups is 1. The third kappa shape index (κ3) is 4.13. The van der Waals surface area contributed by atoms with Crippen LogP contribution in [0.1, 0.15) is 6.92 Å². The fourth-order valence-electron chi connectivity index (χ4n) is 0.702. The Hall–Kier alpha value is -1.19. The summed E-state index contributed by atoms with van der Waals surface area (Å²) in [4.78, 5) is 21.1. The fraction of sp³-hybridized carbons (Fsp3) is 0.429. The Morgan fingerprint density at radius 2 is 2.31 bits per heavy atom. The second-order valence-electron chi connectivity index (χ2n) is 2.81. The van der Waals surface area contributed by atoms with Crippen LogP contribution in [0.4, 0.5) is 5.13 Å². The van der Waals surface area contributed by atoms with Gasteiger partial charge in [0.05, 0.1) is 0 Å².